The van der Waals surface area contributed by atoms with E-state index in [0.717, 1.165) is 22.2 Å². The van der Waals surface area contributed by atoms with Crippen molar-refractivity contribution in [2.24, 2.45) is 0 Å². The van der Waals surface area contributed by atoms with Crippen LogP contribution in [0.4, 0.5) is 8.78 Å². The Labute approximate surface area is 157 Å². The van der Waals surface area contributed by atoms with Gasteiger partial charge in [0.15, 0.2) is 5.65 Å². The Morgan fingerprint density at radius 1 is 1.11 bits per heavy atom. The summed E-state index contributed by atoms with van der Waals surface area (Å²) in [7, 11) is 0. The van der Waals surface area contributed by atoms with E-state index in [1.807, 2.05) is 23.6 Å². The second-order valence-corrected chi connectivity index (χ2v) is 6.51. The summed E-state index contributed by atoms with van der Waals surface area (Å²) >= 11 is 0. The number of halogens is 2. The lowest BCUT2D eigenvalue weighted by Gasteiger charge is -2.11. The maximum absolute atomic E-state index is 13.8. The van der Waals surface area contributed by atoms with E-state index in [0.29, 0.717) is 28.2 Å². The van der Waals surface area contributed by atoms with Crippen LogP contribution in [0.5, 0.6) is 0 Å². The first kappa shape index (κ1) is 16.5. The standard InChI is InChI=1S/C20H14F2N6/c1-11-6-15(7-13-10-24-27-18(11)13)28-19(12-4-5-23-17(22)8-12)26-16-3-2-14(9-21)25-20(16)28/h2-8,10H,9H2,1H3,(H,24,27). The van der Waals surface area contributed by atoms with Crippen LogP contribution in [-0.2, 0) is 6.67 Å². The third kappa shape index (κ3) is 2.53. The van der Waals surface area contributed by atoms with E-state index in [4.69, 9.17) is 0 Å². The Hall–Kier alpha value is -3.68. The number of fused-ring (bicyclic) bond motifs is 2. The molecule has 0 fully saturated rings. The number of alkyl halides is 1. The summed E-state index contributed by atoms with van der Waals surface area (Å²) in [6.45, 7) is 1.29. The molecule has 0 unspecified atom stereocenters. The predicted molar refractivity (Wildman–Crippen MR) is 101 cm³/mol. The van der Waals surface area contributed by atoms with Gasteiger partial charge in [-0.3, -0.25) is 9.67 Å². The second kappa shape index (κ2) is 6.19. The maximum Gasteiger partial charge on any atom is 0.213 e. The lowest BCUT2D eigenvalue weighted by Crippen LogP contribution is -2.01. The van der Waals surface area contributed by atoms with Gasteiger partial charge in [-0.25, -0.2) is 19.3 Å². The SMILES string of the molecule is Cc1cc(-n2c(-c3ccnc(F)c3)nc3ccc(CF)nc32)cc2cn[nH]c12. The molecule has 1 N–H and O–H groups in total. The number of aromatic amines is 1. The minimum absolute atomic E-state index is 0.308. The topological polar surface area (TPSA) is 72.3 Å². The molecule has 28 heavy (non-hydrogen) atoms. The van der Waals surface area contributed by atoms with E-state index < -0.39 is 12.6 Å². The van der Waals surface area contributed by atoms with Crippen LogP contribution in [-0.4, -0.2) is 29.7 Å². The third-order valence-corrected chi connectivity index (χ3v) is 4.67. The van der Waals surface area contributed by atoms with Crippen LogP contribution in [0.2, 0.25) is 0 Å². The molecule has 0 aliphatic rings. The number of pyridine rings is 2. The van der Waals surface area contributed by atoms with Crippen LogP contribution in [0.25, 0.3) is 39.1 Å². The van der Waals surface area contributed by atoms with Crippen LogP contribution in [0.1, 0.15) is 11.3 Å². The molecule has 0 saturated carbocycles. The minimum Gasteiger partial charge on any atom is -0.278 e. The van der Waals surface area contributed by atoms with Crippen molar-refractivity contribution in [1.29, 1.82) is 0 Å². The number of H-pyrrole nitrogens is 1. The van der Waals surface area contributed by atoms with E-state index in [1.54, 1.807) is 24.4 Å². The molecule has 0 atom stereocenters. The fourth-order valence-corrected chi connectivity index (χ4v) is 3.40. The fourth-order valence-electron chi connectivity index (χ4n) is 3.40. The highest BCUT2D eigenvalue weighted by Crippen LogP contribution is 2.30. The molecule has 5 aromatic rings. The van der Waals surface area contributed by atoms with Crippen molar-refractivity contribution in [3.63, 3.8) is 0 Å². The van der Waals surface area contributed by atoms with Crippen LogP contribution in [0.3, 0.4) is 0 Å². The molecule has 4 aromatic heterocycles. The van der Waals surface area contributed by atoms with E-state index in [1.165, 1.54) is 12.3 Å². The molecule has 1 aromatic carbocycles. The second-order valence-electron chi connectivity index (χ2n) is 6.51. The average Bonchev–Trinajstić information content (AvgIpc) is 3.32. The maximum atomic E-state index is 13.8. The number of benzene rings is 1. The van der Waals surface area contributed by atoms with Crippen molar-refractivity contribution in [1.82, 2.24) is 29.7 Å². The lowest BCUT2D eigenvalue weighted by atomic mass is 10.1. The van der Waals surface area contributed by atoms with Crippen molar-refractivity contribution in [2.45, 2.75) is 13.6 Å². The monoisotopic (exact) mass is 376 g/mol. The molecule has 0 radical (unpaired) electrons. The molecule has 5 rings (SSSR count). The zero-order valence-electron chi connectivity index (χ0n) is 14.8. The molecule has 0 spiro atoms. The van der Waals surface area contributed by atoms with Crippen LogP contribution in [0.15, 0.2) is 48.8 Å². The van der Waals surface area contributed by atoms with E-state index in [-0.39, 0.29) is 0 Å². The summed E-state index contributed by atoms with van der Waals surface area (Å²) in [4.78, 5) is 12.7. The highest BCUT2D eigenvalue weighted by molar-refractivity contribution is 5.86. The summed E-state index contributed by atoms with van der Waals surface area (Å²) < 4.78 is 28.8. The number of hydrogen-bond acceptors (Lipinski definition) is 4. The Balaban J connectivity index is 1.87. The van der Waals surface area contributed by atoms with Gasteiger partial charge in [0.25, 0.3) is 0 Å². The quantitative estimate of drug-likeness (QED) is 0.477. The highest BCUT2D eigenvalue weighted by Gasteiger charge is 2.18. The van der Waals surface area contributed by atoms with Gasteiger partial charge in [-0.15, -0.1) is 0 Å². The first-order valence-corrected chi connectivity index (χ1v) is 8.64. The lowest BCUT2D eigenvalue weighted by molar-refractivity contribution is 0.477. The van der Waals surface area contributed by atoms with Gasteiger partial charge in [0.05, 0.1) is 23.1 Å². The molecule has 0 amide bonds. The first-order chi connectivity index (χ1) is 13.6. The predicted octanol–water partition coefficient (Wildman–Crippen LogP) is 4.28. The van der Waals surface area contributed by atoms with Crippen molar-refractivity contribution >= 4 is 22.1 Å². The van der Waals surface area contributed by atoms with Gasteiger partial charge in [-0.1, -0.05) is 0 Å². The molecular formula is C20H14F2N6. The summed E-state index contributed by atoms with van der Waals surface area (Å²) in [6, 6.07) is 10.2. The Bertz CT molecular complexity index is 1340. The van der Waals surface area contributed by atoms with Crippen molar-refractivity contribution in [3.8, 4) is 17.1 Å². The number of rotatable bonds is 3. The average molecular weight is 376 g/mol. The number of aromatic nitrogens is 6. The van der Waals surface area contributed by atoms with Gasteiger partial charge in [0.1, 0.15) is 18.0 Å². The smallest absolute Gasteiger partial charge is 0.213 e. The first-order valence-electron chi connectivity index (χ1n) is 8.64. The number of nitrogens with one attached hydrogen (secondary N) is 1. The fraction of sp³-hybridized carbons (Fsp3) is 0.100. The summed E-state index contributed by atoms with van der Waals surface area (Å²) in [5, 5.41) is 7.99. The largest absolute Gasteiger partial charge is 0.278 e. The van der Waals surface area contributed by atoms with E-state index >= 15 is 0 Å². The summed E-state index contributed by atoms with van der Waals surface area (Å²) in [5.41, 5.74) is 4.66. The molecule has 0 aliphatic heterocycles. The molecule has 8 heteroatoms. The zero-order valence-corrected chi connectivity index (χ0v) is 14.8. The number of aryl methyl sites for hydroxylation is 1. The molecule has 0 aliphatic carbocycles. The van der Waals surface area contributed by atoms with Crippen LogP contribution in [0, 0.1) is 12.9 Å². The van der Waals surface area contributed by atoms with E-state index in [2.05, 4.69) is 25.1 Å². The zero-order chi connectivity index (χ0) is 19.3. The van der Waals surface area contributed by atoms with Gasteiger partial charge >= 0.3 is 0 Å². The number of imidazole rings is 1. The van der Waals surface area contributed by atoms with Crippen LogP contribution < -0.4 is 0 Å². The summed E-state index contributed by atoms with van der Waals surface area (Å²) in [6.07, 6.45) is 3.12. The van der Waals surface area contributed by atoms with Crippen LogP contribution >= 0.6 is 0 Å². The Morgan fingerprint density at radius 2 is 2.00 bits per heavy atom. The molecule has 138 valence electrons. The Morgan fingerprint density at radius 3 is 2.82 bits per heavy atom. The molecule has 0 saturated heterocycles. The van der Waals surface area contributed by atoms with Gasteiger partial charge in [0, 0.05) is 23.2 Å². The van der Waals surface area contributed by atoms with E-state index in [9.17, 15) is 8.78 Å². The third-order valence-electron chi connectivity index (χ3n) is 4.67. The van der Waals surface area contributed by atoms with Crippen molar-refractivity contribution in [3.05, 3.63) is 66.0 Å². The highest BCUT2D eigenvalue weighted by atomic mass is 19.1. The molecule has 4 heterocycles. The molecule has 0 bridgehead atoms. The van der Waals surface area contributed by atoms with Crippen molar-refractivity contribution < 1.29 is 8.78 Å². The van der Waals surface area contributed by atoms with Gasteiger partial charge in [-0.2, -0.15) is 9.49 Å². The summed E-state index contributed by atoms with van der Waals surface area (Å²) in [5.74, 6) is -0.1000. The molecular weight excluding hydrogens is 362 g/mol. The molecule has 6 nitrogen and oxygen atoms in total. The van der Waals surface area contributed by atoms with Gasteiger partial charge in [-0.05, 0) is 42.8 Å². The minimum atomic E-state index is -0.680. The van der Waals surface area contributed by atoms with Gasteiger partial charge < -0.3 is 0 Å². The number of nitrogens with zero attached hydrogens (tertiary/aromatic N) is 5. The van der Waals surface area contributed by atoms with Crippen molar-refractivity contribution in [2.75, 3.05) is 0 Å². The normalized spacial score (nSPS) is 11.5. The van der Waals surface area contributed by atoms with Gasteiger partial charge in [0.2, 0.25) is 5.95 Å². The Kier molecular flexibility index (Phi) is 3.65. The number of hydrogen-bond donors (Lipinski definition) is 1.